The molecule has 1 aliphatic rings. The van der Waals surface area contributed by atoms with Gasteiger partial charge < -0.3 is 10.2 Å². The number of amides is 1. The summed E-state index contributed by atoms with van der Waals surface area (Å²) in [5.74, 6) is -0.0637. The minimum atomic E-state index is -0.0912. The summed E-state index contributed by atoms with van der Waals surface area (Å²) in [6.07, 6.45) is 1.82. The van der Waals surface area contributed by atoms with Crippen LogP contribution >= 0.6 is 22.9 Å². The summed E-state index contributed by atoms with van der Waals surface area (Å²) in [4.78, 5) is 20.0. The van der Waals surface area contributed by atoms with E-state index >= 15 is 0 Å². The third-order valence-corrected chi connectivity index (χ3v) is 6.98. The van der Waals surface area contributed by atoms with Gasteiger partial charge in [-0.15, -0.1) is 0 Å². The molecule has 1 amide bonds. The topological polar surface area (TPSA) is 63.1 Å². The number of carbonyl (C=O) groups is 1. The Labute approximate surface area is 189 Å². The molecule has 1 atom stereocenters. The highest BCUT2D eigenvalue weighted by atomic mass is 35.5. The Morgan fingerprint density at radius 3 is 2.84 bits per heavy atom. The number of halogens is 1. The van der Waals surface area contributed by atoms with Crippen molar-refractivity contribution in [2.24, 2.45) is 5.92 Å². The van der Waals surface area contributed by atoms with Gasteiger partial charge in [0.25, 0.3) is 0 Å². The second-order valence-corrected chi connectivity index (χ2v) is 9.18. The Kier molecular flexibility index (Phi) is 5.38. The second-order valence-electron chi connectivity index (χ2n) is 7.77. The molecule has 0 saturated carbocycles. The van der Waals surface area contributed by atoms with Crippen LogP contribution in [0, 0.1) is 12.8 Å². The van der Waals surface area contributed by atoms with Gasteiger partial charge in [0.1, 0.15) is 0 Å². The van der Waals surface area contributed by atoms with Crippen LogP contribution in [0.2, 0.25) is 5.02 Å². The standard InChI is InChI=1S/C23H22ClN5OS/c1-15-20-21(29(27-15)19-10-3-2-4-11-19)26-23(31-20)28-12-6-7-16(14-28)22(30)25-18-9-5-8-17(24)13-18/h2-5,8-11,13,16H,6-7,12,14H2,1H3,(H,25,30)/t16-/m0/s1. The fraction of sp³-hybridized carbons (Fsp3) is 0.261. The zero-order valence-electron chi connectivity index (χ0n) is 17.1. The third-order valence-electron chi connectivity index (χ3n) is 5.53. The number of fused-ring (bicyclic) bond motifs is 1. The van der Waals surface area contributed by atoms with E-state index in [0.717, 1.165) is 51.9 Å². The molecule has 158 valence electrons. The van der Waals surface area contributed by atoms with Crippen LogP contribution < -0.4 is 10.2 Å². The van der Waals surface area contributed by atoms with Gasteiger partial charge in [0.2, 0.25) is 5.91 Å². The Bertz CT molecular complexity index is 1240. The third kappa shape index (κ3) is 4.03. The number of hydrogen-bond acceptors (Lipinski definition) is 5. The number of para-hydroxylation sites is 1. The van der Waals surface area contributed by atoms with Crippen LogP contribution in [-0.2, 0) is 4.79 Å². The minimum Gasteiger partial charge on any atom is -0.347 e. The molecule has 1 saturated heterocycles. The highest BCUT2D eigenvalue weighted by Gasteiger charge is 2.28. The van der Waals surface area contributed by atoms with E-state index in [4.69, 9.17) is 16.6 Å². The predicted octanol–water partition coefficient (Wildman–Crippen LogP) is 5.30. The number of piperidine rings is 1. The van der Waals surface area contributed by atoms with E-state index < -0.39 is 0 Å². The maximum Gasteiger partial charge on any atom is 0.229 e. The molecule has 6 nitrogen and oxygen atoms in total. The molecule has 1 aliphatic heterocycles. The van der Waals surface area contributed by atoms with Crippen molar-refractivity contribution in [1.29, 1.82) is 0 Å². The fourth-order valence-electron chi connectivity index (χ4n) is 3.98. The van der Waals surface area contributed by atoms with Gasteiger partial charge in [-0.05, 0) is 50.1 Å². The van der Waals surface area contributed by atoms with E-state index in [9.17, 15) is 4.79 Å². The molecule has 1 fully saturated rings. The van der Waals surface area contributed by atoms with Gasteiger partial charge in [-0.1, -0.05) is 47.2 Å². The van der Waals surface area contributed by atoms with E-state index in [1.54, 1.807) is 23.5 Å². The van der Waals surface area contributed by atoms with Gasteiger partial charge in [0.15, 0.2) is 10.8 Å². The Balaban J connectivity index is 1.37. The quantitative estimate of drug-likeness (QED) is 0.457. The molecule has 0 spiro atoms. The Morgan fingerprint density at radius 1 is 1.19 bits per heavy atom. The molecule has 5 rings (SSSR count). The van der Waals surface area contributed by atoms with Crippen molar-refractivity contribution < 1.29 is 4.79 Å². The molecule has 0 radical (unpaired) electrons. The highest BCUT2D eigenvalue weighted by molar-refractivity contribution is 7.22. The fourth-order valence-corrected chi connectivity index (χ4v) is 5.19. The summed E-state index contributed by atoms with van der Waals surface area (Å²) < 4.78 is 2.99. The van der Waals surface area contributed by atoms with Crippen molar-refractivity contribution in [2.75, 3.05) is 23.3 Å². The van der Waals surface area contributed by atoms with Gasteiger partial charge in [0.05, 0.1) is 22.0 Å². The molecular weight excluding hydrogens is 430 g/mol. The number of anilines is 2. The second kappa shape index (κ2) is 8.32. The van der Waals surface area contributed by atoms with Gasteiger partial charge in [0, 0.05) is 23.8 Å². The average molecular weight is 452 g/mol. The largest absolute Gasteiger partial charge is 0.347 e. The van der Waals surface area contributed by atoms with Gasteiger partial charge in [-0.25, -0.2) is 4.68 Å². The number of thiazole rings is 1. The van der Waals surface area contributed by atoms with E-state index in [1.165, 1.54) is 0 Å². The summed E-state index contributed by atoms with van der Waals surface area (Å²) in [5.41, 5.74) is 3.56. The highest BCUT2D eigenvalue weighted by Crippen LogP contribution is 2.34. The molecule has 0 unspecified atom stereocenters. The van der Waals surface area contributed by atoms with Crippen molar-refractivity contribution in [3.63, 3.8) is 0 Å². The van der Waals surface area contributed by atoms with Crippen molar-refractivity contribution in [3.05, 3.63) is 65.3 Å². The molecule has 3 heterocycles. The molecule has 31 heavy (non-hydrogen) atoms. The van der Waals surface area contributed by atoms with E-state index in [-0.39, 0.29) is 11.8 Å². The number of aromatic nitrogens is 3. The molecular formula is C23H22ClN5OS. The summed E-state index contributed by atoms with van der Waals surface area (Å²) in [6.45, 7) is 3.57. The monoisotopic (exact) mass is 451 g/mol. The first-order valence-corrected chi connectivity index (χ1v) is 11.5. The zero-order valence-corrected chi connectivity index (χ0v) is 18.7. The lowest BCUT2D eigenvalue weighted by Gasteiger charge is -2.31. The minimum absolute atomic E-state index is 0.0275. The first-order chi connectivity index (χ1) is 15.1. The molecule has 2 aromatic heterocycles. The lowest BCUT2D eigenvalue weighted by Crippen LogP contribution is -2.40. The number of hydrogen-bond donors (Lipinski definition) is 1. The normalized spacial score (nSPS) is 16.6. The molecule has 1 N–H and O–H groups in total. The molecule has 2 aromatic carbocycles. The van der Waals surface area contributed by atoms with Crippen molar-refractivity contribution in [3.8, 4) is 5.69 Å². The summed E-state index contributed by atoms with van der Waals surface area (Å²) in [7, 11) is 0. The number of nitrogens with zero attached hydrogens (tertiary/aromatic N) is 4. The van der Waals surface area contributed by atoms with Gasteiger partial charge in [-0.3, -0.25) is 4.79 Å². The number of rotatable bonds is 4. The van der Waals surface area contributed by atoms with Crippen molar-refractivity contribution in [1.82, 2.24) is 14.8 Å². The first kappa shape index (κ1) is 20.0. The van der Waals surface area contributed by atoms with Gasteiger partial charge >= 0.3 is 0 Å². The number of carbonyl (C=O) groups excluding carboxylic acids is 1. The molecule has 0 aliphatic carbocycles. The summed E-state index contributed by atoms with van der Waals surface area (Å²) in [6, 6.07) is 17.3. The van der Waals surface area contributed by atoms with Crippen molar-refractivity contribution >= 4 is 50.0 Å². The van der Waals surface area contributed by atoms with E-state index in [2.05, 4.69) is 15.3 Å². The lowest BCUT2D eigenvalue weighted by molar-refractivity contribution is -0.120. The Morgan fingerprint density at radius 2 is 2.03 bits per heavy atom. The zero-order chi connectivity index (χ0) is 21.4. The van der Waals surface area contributed by atoms with Crippen LogP contribution in [0.15, 0.2) is 54.6 Å². The van der Waals surface area contributed by atoms with Crippen molar-refractivity contribution in [2.45, 2.75) is 19.8 Å². The van der Waals surface area contributed by atoms with Crippen LogP contribution in [0.3, 0.4) is 0 Å². The SMILES string of the molecule is Cc1nn(-c2ccccc2)c2nc(N3CCC[C@H](C(=O)Nc4cccc(Cl)c4)C3)sc12. The van der Waals surface area contributed by atoms with E-state index in [1.807, 2.05) is 54.1 Å². The summed E-state index contributed by atoms with van der Waals surface area (Å²) in [5, 5.41) is 9.24. The summed E-state index contributed by atoms with van der Waals surface area (Å²) >= 11 is 7.69. The van der Waals surface area contributed by atoms with Crippen LogP contribution in [0.4, 0.5) is 10.8 Å². The van der Waals surface area contributed by atoms with Gasteiger partial charge in [-0.2, -0.15) is 10.1 Å². The molecule has 4 aromatic rings. The number of aryl methyl sites for hydroxylation is 1. The lowest BCUT2D eigenvalue weighted by atomic mass is 9.97. The average Bonchev–Trinajstić information content (AvgIpc) is 3.35. The first-order valence-electron chi connectivity index (χ1n) is 10.3. The van der Waals surface area contributed by atoms with E-state index in [0.29, 0.717) is 11.6 Å². The van der Waals surface area contributed by atoms with Crippen LogP contribution in [0.5, 0.6) is 0 Å². The van der Waals surface area contributed by atoms with Crippen LogP contribution in [0.1, 0.15) is 18.5 Å². The molecule has 8 heteroatoms. The maximum atomic E-state index is 12.9. The molecule has 0 bridgehead atoms. The maximum absolute atomic E-state index is 12.9. The predicted molar refractivity (Wildman–Crippen MR) is 126 cm³/mol. The Hall–Kier alpha value is -2.90. The number of benzene rings is 2. The number of nitrogens with one attached hydrogen (secondary N) is 1. The van der Waals surface area contributed by atoms with Crippen LogP contribution in [-0.4, -0.2) is 33.8 Å². The van der Waals surface area contributed by atoms with Crippen LogP contribution in [0.25, 0.3) is 16.0 Å². The smallest absolute Gasteiger partial charge is 0.229 e.